The number of carbonyl (C=O) groups excluding carboxylic acids is 5. The second-order valence-electron chi connectivity index (χ2n) is 9.65. The number of hydrogen-bond donors (Lipinski definition) is 4. The van der Waals surface area contributed by atoms with Gasteiger partial charge >= 0.3 is 6.09 Å². The van der Waals surface area contributed by atoms with Crippen LogP contribution < -0.4 is 21.3 Å². The molecule has 10 heteroatoms. The Bertz CT molecular complexity index is 1190. The number of ketones is 1. The van der Waals surface area contributed by atoms with Gasteiger partial charge in [0.15, 0.2) is 0 Å². The zero-order valence-electron chi connectivity index (χ0n) is 22.9. The van der Waals surface area contributed by atoms with Crippen LogP contribution in [0.4, 0.5) is 4.79 Å². The summed E-state index contributed by atoms with van der Waals surface area (Å²) in [5.41, 5.74) is 1.54. The van der Waals surface area contributed by atoms with E-state index in [0.717, 1.165) is 11.1 Å². The SMILES string of the molecule is C#CC(=O)[C@H](CNC(C)=O)NC(=O)[C@H](Cc1ccccc1)NC(=O)[C@H](CC(C)C)NC(=O)OCc1ccccc1. The van der Waals surface area contributed by atoms with Crippen LogP contribution in [0.5, 0.6) is 0 Å². The van der Waals surface area contributed by atoms with E-state index in [9.17, 15) is 24.0 Å². The molecular formula is C30H36N4O6. The fraction of sp³-hybridized carbons (Fsp3) is 0.367. The average Bonchev–Trinajstić information content (AvgIpc) is 2.93. The van der Waals surface area contributed by atoms with Crippen molar-refractivity contribution in [3.05, 3.63) is 71.8 Å². The van der Waals surface area contributed by atoms with Gasteiger partial charge in [0, 0.05) is 19.9 Å². The Balaban J connectivity index is 2.18. The normalized spacial score (nSPS) is 12.7. The molecule has 0 aromatic heterocycles. The van der Waals surface area contributed by atoms with Gasteiger partial charge in [-0.25, -0.2) is 4.79 Å². The predicted octanol–water partition coefficient (Wildman–Crippen LogP) is 1.88. The van der Waals surface area contributed by atoms with Gasteiger partial charge in [-0.1, -0.05) is 74.5 Å². The number of Topliss-reactive ketones (excluding diaryl/α,β-unsaturated/α-hetero) is 1. The van der Waals surface area contributed by atoms with Crippen molar-refractivity contribution in [1.82, 2.24) is 21.3 Å². The smallest absolute Gasteiger partial charge is 0.408 e. The summed E-state index contributed by atoms with van der Waals surface area (Å²) in [6.45, 7) is 4.87. The molecule has 0 fully saturated rings. The van der Waals surface area contributed by atoms with E-state index in [1.165, 1.54) is 6.92 Å². The highest BCUT2D eigenvalue weighted by Crippen LogP contribution is 2.09. The molecule has 0 aliphatic heterocycles. The van der Waals surface area contributed by atoms with E-state index >= 15 is 0 Å². The molecule has 0 radical (unpaired) electrons. The van der Waals surface area contributed by atoms with Crippen molar-refractivity contribution in [1.29, 1.82) is 0 Å². The molecule has 4 N–H and O–H groups in total. The highest BCUT2D eigenvalue weighted by Gasteiger charge is 2.30. The summed E-state index contributed by atoms with van der Waals surface area (Å²) >= 11 is 0. The number of hydrogen-bond acceptors (Lipinski definition) is 6. The van der Waals surface area contributed by atoms with Crippen LogP contribution in [0.1, 0.15) is 38.3 Å². The Hall–Kier alpha value is -4.65. The maximum atomic E-state index is 13.4. The van der Waals surface area contributed by atoms with Crippen LogP contribution in [0.15, 0.2) is 60.7 Å². The number of nitrogens with one attached hydrogen (secondary N) is 4. The Morgan fingerprint density at radius 1 is 0.800 bits per heavy atom. The van der Waals surface area contributed by atoms with E-state index in [4.69, 9.17) is 11.2 Å². The van der Waals surface area contributed by atoms with Gasteiger partial charge in [0.1, 0.15) is 24.7 Å². The van der Waals surface area contributed by atoms with Crippen molar-refractivity contribution in [2.45, 2.75) is 58.3 Å². The van der Waals surface area contributed by atoms with E-state index in [1.807, 2.05) is 56.2 Å². The Morgan fingerprint density at radius 2 is 1.35 bits per heavy atom. The van der Waals surface area contributed by atoms with Crippen molar-refractivity contribution in [3.63, 3.8) is 0 Å². The van der Waals surface area contributed by atoms with Gasteiger partial charge in [-0.3, -0.25) is 19.2 Å². The second-order valence-corrected chi connectivity index (χ2v) is 9.65. The Kier molecular flexibility index (Phi) is 12.9. The number of benzene rings is 2. The molecule has 4 amide bonds. The van der Waals surface area contributed by atoms with E-state index in [2.05, 4.69) is 21.3 Å². The first-order valence-corrected chi connectivity index (χ1v) is 13.0. The largest absolute Gasteiger partial charge is 0.445 e. The Labute approximate surface area is 234 Å². The molecule has 0 unspecified atom stereocenters. The molecule has 0 heterocycles. The van der Waals surface area contributed by atoms with Crippen LogP contribution in [-0.4, -0.2) is 54.3 Å². The third-order valence-electron chi connectivity index (χ3n) is 5.77. The highest BCUT2D eigenvalue weighted by atomic mass is 16.5. The topological polar surface area (TPSA) is 143 Å². The number of carbonyl (C=O) groups is 5. The zero-order valence-corrected chi connectivity index (χ0v) is 22.9. The molecule has 10 nitrogen and oxygen atoms in total. The van der Waals surface area contributed by atoms with Gasteiger partial charge in [0.05, 0.1) is 0 Å². The molecule has 2 rings (SSSR count). The molecule has 0 aliphatic carbocycles. The minimum absolute atomic E-state index is 0.0284. The van der Waals surface area contributed by atoms with Gasteiger partial charge in [-0.2, -0.15) is 0 Å². The minimum Gasteiger partial charge on any atom is -0.445 e. The van der Waals surface area contributed by atoms with E-state index in [0.29, 0.717) is 0 Å². The van der Waals surface area contributed by atoms with Gasteiger partial charge in [0.25, 0.3) is 0 Å². The van der Waals surface area contributed by atoms with Crippen LogP contribution in [-0.2, 0) is 36.9 Å². The van der Waals surface area contributed by atoms with Gasteiger partial charge < -0.3 is 26.0 Å². The lowest BCUT2D eigenvalue weighted by atomic mass is 10.0. The van der Waals surface area contributed by atoms with Crippen molar-refractivity contribution in [2.75, 3.05) is 6.54 Å². The first-order valence-electron chi connectivity index (χ1n) is 13.0. The first-order chi connectivity index (χ1) is 19.1. The third-order valence-corrected chi connectivity index (χ3v) is 5.77. The molecule has 2 aromatic rings. The standard InChI is InChI=1S/C30H36N4O6/c1-5-27(36)26(18-31-21(4)35)33-29(38)25(17-22-12-8-6-9-13-22)32-28(37)24(16-20(2)3)34-30(39)40-19-23-14-10-7-11-15-23/h1,6-15,20,24-26H,16-19H2,2-4H3,(H,31,35)(H,32,37)(H,33,38)(H,34,39)/t24-,25-,26-/m0/s1. The first kappa shape index (κ1) is 31.6. The van der Waals surface area contributed by atoms with E-state index in [1.54, 1.807) is 24.3 Å². The lowest BCUT2D eigenvalue weighted by Gasteiger charge is -2.25. The third kappa shape index (κ3) is 11.4. The molecular weight excluding hydrogens is 512 g/mol. The fourth-order valence-corrected chi connectivity index (χ4v) is 3.77. The van der Waals surface area contributed by atoms with Crippen molar-refractivity contribution >= 4 is 29.6 Å². The van der Waals surface area contributed by atoms with Crippen molar-refractivity contribution in [3.8, 4) is 12.3 Å². The zero-order chi connectivity index (χ0) is 29.5. The monoisotopic (exact) mass is 548 g/mol. The quantitative estimate of drug-likeness (QED) is 0.210. The molecule has 0 aliphatic rings. The summed E-state index contributed by atoms with van der Waals surface area (Å²) in [6.07, 6.45) is 4.85. The van der Waals surface area contributed by atoms with Crippen LogP contribution in [0.3, 0.4) is 0 Å². The van der Waals surface area contributed by atoms with Crippen LogP contribution in [0.2, 0.25) is 0 Å². The fourth-order valence-electron chi connectivity index (χ4n) is 3.77. The molecule has 0 saturated carbocycles. The summed E-state index contributed by atoms with van der Waals surface area (Å²) in [4.78, 5) is 62.8. The van der Waals surface area contributed by atoms with Gasteiger partial charge in [-0.15, -0.1) is 6.42 Å². The van der Waals surface area contributed by atoms with Crippen LogP contribution >= 0.6 is 0 Å². The van der Waals surface area contributed by atoms with Crippen LogP contribution in [0.25, 0.3) is 0 Å². The molecule has 0 saturated heterocycles. The number of terminal acetylenes is 1. The summed E-state index contributed by atoms with van der Waals surface area (Å²) in [7, 11) is 0. The summed E-state index contributed by atoms with van der Waals surface area (Å²) in [6, 6.07) is 14.8. The highest BCUT2D eigenvalue weighted by molar-refractivity contribution is 6.02. The number of rotatable bonds is 14. The summed E-state index contributed by atoms with van der Waals surface area (Å²) in [5.74, 6) is -0.417. The average molecular weight is 549 g/mol. The molecule has 2 aromatic carbocycles. The van der Waals surface area contributed by atoms with Crippen molar-refractivity contribution in [2.24, 2.45) is 5.92 Å². The lowest BCUT2D eigenvalue weighted by molar-refractivity contribution is -0.131. The molecule has 3 atom stereocenters. The molecule has 0 spiro atoms. The Morgan fingerprint density at radius 3 is 1.90 bits per heavy atom. The molecule has 212 valence electrons. The molecule has 0 bridgehead atoms. The maximum Gasteiger partial charge on any atom is 0.408 e. The summed E-state index contributed by atoms with van der Waals surface area (Å²) < 4.78 is 5.28. The van der Waals surface area contributed by atoms with Crippen LogP contribution in [0, 0.1) is 18.3 Å². The molecule has 40 heavy (non-hydrogen) atoms. The second kappa shape index (κ2) is 16.3. The maximum absolute atomic E-state index is 13.4. The van der Waals surface area contributed by atoms with Gasteiger partial charge in [-0.05, 0) is 29.4 Å². The van der Waals surface area contributed by atoms with Gasteiger partial charge in [0.2, 0.25) is 23.5 Å². The van der Waals surface area contributed by atoms with E-state index in [-0.39, 0.29) is 31.9 Å². The van der Waals surface area contributed by atoms with Crippen molar-refractivity contribution < 1.29 is 28.7 Å². The van der Waals surface area contributed by atoms with E-state index < -0.39 is 47.7 Å². The predicted molar refractivity (Wildman–Crippen MR) is 150 cm³/mol. The number of alkyl carbamates (subject to hydrolysis) is 1. The summed E-state index contributed by atoms with van der Waals surface area (Å²) in [5, 5.41) is 10.3. The lowest BCUT2D eigenvalue weighted by Crippen LogP contribution is -2.58. The minimum atomic E-state index is -1.19. The number of ether oxygens (including phenoxy) is 1. The number of amides is 4.